The molecule has 0 aliphatic heterocycles. The molecule has 114 valence electrons. The molecule has 0 saturated heterocycles. The van der Waals surface area contributed by atoms with Crippen LogP contribution in [0.25, 0.3) is 16.6 Å². The summed E-state index contributed by atoms with van der Waals surface area (Å²) in [5, 5.41) is 20.4. The second-order valence-electron chi connectivity index (χ2n) is 5.06. The molecule has 0 atom stereocenters. The summed E-state index contributed by atoms with van der Waals surface area (Å²) in [5.41, 5.74) is 3.39. The molecule has 7 nitrogen and oxygen atoms in total. The van der Waals surface area contributed by atoms with Gasteiger partial charge in [0.05, 0.1) is 29.8 Å². The lowest BCUT2D eigenvalue weighted by atomic mass is 10.1. The van der Waals surface area contributed by atoms with Crippen LogP contribution in [0.15, 0.2) is 42.2 Å². The van der Waals surface area contributed by atoms with Gasteiger partial charge in [-0.25, -0.2) is 4.68 Å². The zero-order valence-corrected chi connectivity index (χ0v) is 13.0. The second kappa shape index (κ2) is 5.33. The Bertz CT molecular complexity index is 985. The van der Waals surface area contributed by atoms with Crippen LogP contribution in [0.3, 0.4) is 0 Å². The highest BCUT2D eigenvalue weighted by Crippen LogP contribution is 2.25. The Labute approximate surface area is 135 Å². The largest absolute Gasteiger partial charge is 0.321 e. The number of thiophene rings is 1. The molecule has 4 rings (SSSR count). The minimum absolute atomic E-state index is 0.170. The summed E-state index contributed by atoms with van der Waals surface area (Å²) in [7, 11) is 0. The molecule has 0 unspecified atom stereocenters. The van der Waals surface area contributed by atoms with Gasteiger partial charge in [0.15, 0.2) is 0 Å². The van der Waals surface area contributed by atoms with E-state index in [1.807, 2.05) is 30.5 Å². The van der Waals surface area contributed by atoms with Gasteiger partial charge >= 0.3 is 0 Å². The number of rotatable bonds is 3. The molecule has 4 aromatic rings. The fourth-order valence-corrected chi connectivity index (χ4v) is 3.18. The topological polar surface area (TPSA) is 88.5 Å². The van der Waals surface area contributed by atoms with E-state index in [0.717, 1.165) is 22.2 Å². The molecular formula is C15H12N6OS. The van der Waals surface area contributed by atoms with Crippen LogP contribution in [0.4, 0.5) is 5.69 Å². The Hall–Kier alpha value is -3.00. The van der Waals surface area contributed by atoms with Crippen LogP contribution < -0.4 is 5.32 Å². The highest BCUT2D eigenvalue weighted by Gasteiger charge is 2.16. The number of H-pyrrole nitrogens is 1. The Morgan fingerprint density at radius 3 is 3.13 bits per heavy atom. The lowest BCUT2D eigenvalue weighted by molar-refractivity contribution is 0.103. The number of aryl methyl sites for hydroxylation is 1. The SMILES string of the molecule is Cc1cc2[nH]ncc2cc1NC(=O)c1sccc1-n1ccnn1. The molecule has 1 aromatic carbocycles. The quantitative estimate of drug-likeness (QED) is 0.606. The molecule has 23 heavy (non-hydrogen) atoms. The van der Waals surface area contributed by atoms with Crippen LogP contribution in [0.2, 0.25) is 0 Å². The van der Waals surface area contributed by atoms with Gasteiger partial charge in [0.1, 0.15) is 4.88 Å². The number of amides is 1. The third-order valence-corrected chi connectivity index (χ3v) is 4.46. The first-order chi connectivity index (χ1) is 11.2. The molecule has 0 aliphatic rings. The number of nitrogens with zero attached hydrogens (tertiary/aromatic N) is 4. The molecule has 3 heterocycles. The van der Waals surface area contributed by atoms with Gasteiger partial charge in [0, 0.05) is 11.1 Å². The summed E-state index contributed by atoms with van der Waals surface area (Å²) in [6, 6.07) is 5.72. The zero-order chi connectivity index (χ0) is 15.8. The van der Waals surface area contributed by atoms with Gasteiger partial charge in [0.2, 0.25) is 0 Å². The van der Waals surface area contributed by atoms with E-state index in [2.05, 4.69) is 25.8 Å². The van der Waals surface area contributed by atoms with Crippen molar-refractivity contribution in [3.8, 4) is 5.69 Å². The zero-order valence-electron chi connectivity index (χ0n) is 12.1. The van der Waals surface area contributed by atoms with Gasteiger partial charge in [-0.2, -0.15) is 5.10 Å². The number of hydrogen-bond donors (Lipinski definition) is 2. The molecule has 3 aromatic heterocycles. The number of benzene rings is 1. The molecule has 0 bridgehead atoms. The van der Waals surface area contributed by atoms with Crippen molar-refractivity contribution >= 4 is 33.8 Å². The number of fused-ring (bicyclic) bond motifs is 1. The van der Waals surface area contributed by atoms with Gasteiger partial charge in [-0.1, -0.05) is 5.21 Å². The van der Waals surface area contributed by atoms with Crippen molar-refractivity contribution in [3.63, 3.8) is 0 Å². The lowest BCUT2D eigenvalue weighted by Crippen LogP contribution is -2.14. The average molecular weight is 324 g/mol. The van der Waals surface area contributed by atoms with Gasteiger partial charge in [-0.3, -0.25) is 9.89 Å². The third kappa shape index (κ3) is 2.38. The van der Waals surface area contributed by atoms with Crippen molar-refractivity contribution in [2.75, 3.05) is 5.32 Å². The molecule has 0 aliphatic carbocycles. The summed E-state index contributed by atoms with van der Waals surface area (Å²) in [6.45, 7) is 1.95. The van der Waals surface area contributed by atoms with Gasteiger partial charge in [0.25, 0.3) is 5.91 Å². The first kappa shape index (κ1) is 13.6. The molecule has 2 N–H and O–H groups in total. The van der Waals surface area contributed by atoms with E-state index in [0.29, 0.717) is 10.6 Å². The first-order valence-corrected chi connectivity index (χ1v) is 7.79. The van der Waals surface area contributed by atoms with E-state index in [-0.39, 0.29) is 5.91 Å². The summed E-state index contributed by atoms with van der Waals surface area (Å²) in [6.07, 6.45) is 5.02. The van der Waals surface area contributed by atoms with Crippen LogP contribution in [-0.4, -0.2) is 31.1 Å². The third-order valence-electron chi connectivity index (χ3n) is 3.55. The van der Waals surface area contributed by atoms with Gasteiger partial charge < -0.3 is 5.32 Å². The first-order valence-electron chi connectivity index (χ1n) is 6.91. The smallest absolute Gasteiger partial charge is 0.267 e. The monoisotopic (exact) mass is 324 g/mol. The standard InChI is InChI=1S/C15H12N6OS/c1-9-6-12-10(8-17-19-12)7-11(9)18-15(22)14-13(2-5-23-14)21-4-3-16-20-21/h2-8H,1H3,(H,17,19)(H,18,22). The number of aromatic amines is 1. The van der Waals surface area contributed by atoms with Crippen molar-refractivity contribution in [2.24, 2.45) is 0 Å². The molecular weight excluding hydrogens is 312 g/mol. The molecule has 0 radical (unpaired) electrons. The molecule has 1 amide bonds. The van der Waals surface area contributed by atoms with Crippen molar-refractivity contribution in [3.05, 3.63) is 52.6 Å². The maximum Gasteiger partial charge on any atom is 0.267 e. The van der Waals surface area contributed by atoms with E-state index in [1.165, 1.54) is 11.3 Å². The van der Waals surface area contributed by atoms with E-state index >= 15 is 0 Å². The average Bonchev–Trinajstić information content (AvgIpc) is 3.27. The summed E-state index contributed by atoms with van der Waals surface area (Å²) < 4.78 is 1.58. The van der Waals surface area contributed by atoms with E-state index in [9.17, 15) is 4.79 Å². The van der Waals surface area contributed by atoms with Crippen LogP contribution >= 0.6 is 11.3 Å². The van der Waals surface area contributed by atoms with Crippen molar-refractivity contribution < 1.29 is 4.79 Å². The number of hydrogen-bond acceptors (Lipinski definition) is 5. The maximum atomic E-state index is 12.6. The minimum atomic E-state index is -0.170. The Morgan fingerprint density at radius 2 is 2.30 bits per heavy atom. The second-order valence-corrected chi connectivity index (χ2v) is 5.98. The predicted molar refractivity (Wildman–Crippen MR) is 88.0 cm³/mol. The minimum Gasteiger partial charge on any atom is -0.321 e. The van der Waals surface area contributed by atoms with Gasteiger partial charge in [-0.15, -0.1) is 16.4 Å². The number of carbonyl (C=O) groups is 1. The van der Waals surface area contributed by atoms with Crippen molar-refractivity contribution in [2.45, 2.75) is 6.92 Å². The summed E-state index contributed by atoms with van der Waals surface area (Å²) >= 11 is 1.37. The van der Waals surface area contributed by atoms with E-state index in [4.69, 9.17) is 0 Å². The fraction of sp³-hybridized carbons (Fsp3) is 0.0667. The highest BCUT2D eigenvalue weighted by atomic mass is 32.1. The molecule has 8 heteroatoms. The van der Waals surface area contributed by atoms with Gasteiger partial charge in [-0.05, 0) is 36.1 Å². The van der Waals surface area contributed by atoms with E-state index < -0.39 is 0 Å². The highest BCUT2D eigenvalue weighted by molar-refractivity contribution is 7.12. The van der Waals surface area contributed by atoms with Crippen molar-refractivity contribution in [1.82, 2.24) is 25.2 Å². The number of anilines is 1. The summed E-state index contributed by atoms with van der Waals surface area (Å²) in [4.78, 5) is 13.2. The summed E-state index contributed by atoms with van der Waals surface area (Å²) in [5.74, 6) is -0.170. The van der Waals surface area contributed by atoms with Crippen LogP contribution in [0, 0.1) is 6.92 Å². The van der Waals surface area contributed by atoms with Crippen molar-refractivity contribution in [1.29, 1.82) is 0 Å². The van der Waals surface area contributed by atoms with Crippen LogP contribution in [0.5, 0.6) is 0 Å². The normalized spacial score (nSPS) is 11.0. The molecule has 0 fully saturated rings. The Kier molecular flexibility index (Phi) is 3.16. The number of nitrogens with one attached hydrogen (secondary N) is 2. The van der Waals surface area contributed by atoms with Crippen LogP contribution in [-0.2, 0) is 0 Å². The Morgan fingerprint density at radius 1 is 1.39 bits per heavy atom. The lowest BCUT2D eigenvalue weighted by Gasteiger charge is -2.09. The predicted octanol–water partition coefficient (Wildman–Crippen LogP) is 2.77. The molecule has 0 spiro atoms. The molecule has 0 saturated carbocycles. The fourth-order valence-electron chi connectivity index (χ4n) is 2.40. The maximum absolute atomic E-state index is 12.6. The number of aromatic nitrogens is 5. The number of carbonyl (C=O) groups excluding carboxylic acids is 1. The van der Waals surface area contributed by atoms with Crippen LogP contribution in [0.1, 0.15) is 15.2 Å². The Balaban J connectivity index is 1.67. The van der Waals surface area contributed by atoms with E-state index in [1.54, 1.807) is 23.3 Å².